The van der Waals surface area contributed by atoms with Crippen LogP contribution in [0.25, 0.3) is 0 Å². The second-order valence-corrected chi connectivity index (χ2v) is 7.12. The van der Waals surface area contributed by atoms with Gasteiger partial charge >= 0.3 is 0 Å². The fraction of sp³-hybridized carbons (Fsp3) is 0.650. The third kappa shape index (κ3) is 5.11. The lowest BCUT2D eigenvalue weighted by molar-refractivity contribution is 0.0179. The molecule has 1 aromatic rings. The van der Waals surface area contributed by atoms with Crippen LogP contribution in [0.1, 0.15) is 31.9 Å². The highest BCUT2D eigenvalue weighted by molar-refractivity contribution is 5.80. The quantitative estimate of drug-likeness (QED) is 0.576. The van der Waals surface area contributed by atoms with Gasteiger partial charge in [0.2, 0.25) is 0 Å². The van der Waals surface area contributed by atoms with E-state index in [4.69, 9.17) is 14.5 Å². The number of rotatable bonds is 7. The maximum absolute atomic E-state index is 5.54. The molecule has 2 aliphatic rings. The van der Waals surface area contributed by atoms with Gasteiger partial charge in [-0.25, -0.2) is 0 Å². The van der Waals surface area contributed by atoms with Crippen molar-refractivity contribution in [3.8, 4) is 5.75 Å². The van der Waals surface area contributed by atoms with Crippen molar-refractivity contribution in [1.82, 2.24) is 15.5 Å². The van der Waals surface area contributed by atoms with Crippen molar-refractivity contribution in [3.05, 3.63) is 29.8 Å². The molecule has 1 aromatic carbocycles. The first-order valence-corrected chi connectivity index (χ1v) is 9.72. The molecule has 0 amide bonds. The number of methoxy groups -OCH3 is 1. The molecule has 1 aliphatic heterocycles. The van der Waals surface area contributed by atoms with E-state index in [1.54, 1.807) is 7.11 Å². The Hall–Kier alpha value is -1.79. The minimum absolute atomic E-state index is 0.247. The van der Waals surface area contributed by atoms with E-state index in [2.05, 4.69) is 41.5 Å². The van der Waals surface area contributed by atoms with Crippen LogP contribution in [0, 0.1) is 5.92 Å². The Bertz CT molecular complexity index is 584. The Morgan fingerprint density at radius 2 is 2.00 bits per heavy atom. The van der Waals surface area contributed by atoms with Crippen molar-refractivity contribution in [1.29, 1.82) is 0 Å². The second-order valence-electron chi connectivity index (χ2n) is 7.12. The average molecular weight is 361 g/mol. The van der Waals surface area contributed by atoms with Gasteiger partial charge in [0.1, 0.15) is 5.75 Å². The molecule has 1 saturated carbocycles. The molecule has 3 atom stereocenters. The number of hydrogen-bond acceptors (Lipinski definition) is 4. The summed E-state index contributed by atoms with van der Waals surface area (Å²) in [6.07, 6.45) is 1.23. The van der Waals surface area contributed by atoms with E-state index >= 15 is 0 Å². The maximum Gasteiger partial charge on any atom is 0.191 e. The van der Waals surface area contributed by atoms with Crippen LogP contribution < -0.4 is 15.4 Å². The van der Waals surface area contributed by atoms with E-state index in [1.807, 2.05) is 12.1 Å². The zero-order valence-corrected chi connectivity index (χ0v) is 16.2. The van der Waals surface area contributed by atoms with Crippen LogP contribution in [0.3, 0.4) is 0 Å². The molecule has 0 aromatic heterocycles. The largest absolute Gasteiger partial charge is 0.497 e. The smallest absolute Gasteiger partial charge is 0.191 e. The molecule has 0 spiro atoms. The minimum Gasteiger partial charge on any atom is -0.497 e. The standard InChI is InChI=1S/C20H32N4O2/c1-4-21-20(23-18-13-15(18)2)22-14-19(24-9-11-26-12-10-24)16-5-7-17(25-3)8-6-16/h5-8,15,18-19H,4,9-14H2,1-3H3,(H2,21,22,23). The monoisotopic (exact) mass is 360 g/mol. The molecule has 2 fully saturated rings. The summed E-state index contributed by atoms with van der Waals surface area (Å²) in [5, 5.41) is 6.92. The van der Waals surface area contributed by atoms with Gasteiger partial charge < -0.3 is 20.1 Å². The summed E-state index contributed by atoms with van der Waals surface area (Å²) in [7, 11) is 1.70. The van der Waals surface area contributed by atoms with Crippen molar-refractivity contribution in [2.45, 2.75) is 32.4 Å². The molecule has 1 aliphatic carbocycles. The number of benzene rings is 1. The highest BCUT2D eigenvalue weighted by Gasteiger charge is 2.33. The second kappa shape index (κ2) is 9.24. The number of hydrogen-bond donors (Lipinski definition) is 2. The molecule has 26 heavy (non-hydrogen) atoms. The summed E-state index contributed by atoms with van der Waals surface area (Å²) in [6.45, 7) is 9.43. The van der Waals surface area contributed by atoms with Gasteiger partial charge in [0.25, 0.3) is 0 Å². The predicted octanol–water partition coefficient (Wildman–Crippen LogP) is 2.03. The normalized spacial score (nSPS) is 24.8. The van der Waals surface area contributed by atoms with E-state index in [0.717, 1.165) is 57.0 Å². The van der Waals surface area contributed by atoms with Crippen molar-refractivity contribution >= 4 is 5.96 Å². The van der Waals surface area contributed by atoms with E-state index in [0.29, 0.717) is 6.04 Å². The van der Waals surface area contributed by atoms with Gasteiger partial charge in [0.05, 0.1) is 32.9 Å². The first kappa shape index (κ1) is 19.0. The van der Waals surface area contributed by atoms with Crippen LogP contribution in [0.15, 0.2) is 29.3 Å². The van der Waals surface area contributed by atoms with E-state index in [1.165, 1.54) is 12.0 Å². The zero-order valence-electron chi connectivity index (χ0n) is 16.2. The summed E-state index contributed by atoms with van der Waals surface area (Å²) in [6, 6.07) is 9.17. The first-order chi connectivity index (χ1) is 12.7. The highest BCUT2D eigenvalue weighted by Crippen LogP contribution is 2.29. The first-order valence-electron chi connectivity index (χ1n) is 9.72. The zero-order chi connectivity index (χ0) is 18.4. The summed E-state index contributed by atoms with van der Waals surface area (Å²) in [5.74, 6) is 2.56. The summed E-state index contributed by atoms with van der Waals surface area (Å²) in [5.41, 5.74) is 1.27. The topological polar surface area (TPSA) is 58.1 Å². The highest BCUT2D eigenvalue weighted by atomic mass is 16.5. The van der Waals surface area contributed by atoms with Crippen molar-refractivity contribution in [2.24, 2.45) is 10.9 Å². The van der Waals surface area contributed by atoms with E-state index in [-0.39, 0.29) is 6.04 Å². The Morgan fingerprint density at radius 1 is 1.31 bits per heavy atom. The third-order valence-electron chi connectivity index (χ3n) is 5.19. The third-order valence-corrected chi connectivity index (χ3v) is 5.19. The molecular formula is C20H32N4O2. The van der Waals surface area contributed by atoms with Gasteiger partial charge in [0, 0.05) is 25.7 Å². The van der Waals surface area contributed by atoms with Crippen molar-refractivity contribution in [2.75, 3.05) is 46.5 Å². The molecule has 3 unspecified atom stereocenters. The molecular weight excluding hydrogens is 328 g/mol. The lowest BCUT2D eigenvalue weighted by Crippen LogP contribution is -2.42. The number of morpholine rings is 1. The number of aliphatic imine (C=N–C) groups is 1. The summed E-state index contributed by atoms with van der Waals surface area (Å²) < 4.78 is 10.8. The van der Waals surface area contributed by atoms with Gasteiger partial charge in [-0.05, 0) is 37.0 Å². The van der Waals surface area contributed by atoms with E-state index < -0.39 is 0 Å². The lowest BCUT2D eigenvalue weighted by Gasteiger charge is -2.34. The molecule has 1 saturated heterocycles. The van der Waals surface area contributed by atoms with Crippen LogP contribution in [-0.2, 0) is 4.74 Å². The Morgan fingerprint density at radius 3 is 2.58 bits per heavy atom. The van der Waals surface area contributed by atoms with Gasteiger partial charge in [-0.15, -0.1) is 0 Å². The number of ether oxygens (including phenoxy) is 2. The molecule has 3 rings (SSSR count). The summed E-state index contributed by atoms with van der Waals surface area (Å²) >= 11 is 0. The van der Waals surface area contributed by atoms with Gasteiger partial charge in [0.15, 0.2) is 5.96 Å². The molecule has 0 bridgehead atoms. The Balaban J connectivity index is 1.73. The molecule has 0 radical (unpaired) electrons. The summed E-state index contributed by atoms with van der Waals surface area (Å²) in [4.78, 5) is 7.37. The minimum atomic E-state index is 0.247. The average Bonchev–Trinajstić information content (AvgIpc) is 3.38. The van der Waals surface area contributed by atoms with Gasteiger partial charge in [-0.2, -0.15) is 0 Å². The van der Waals surface area contributed by atoms with Crippen molar-refractivity contribution in [3.63, 3.8) is 0 Å². The fourth-order valence-electron chi connectivity index (χ4n) is 3.34. The van der Waals surface area contributed by atoms with Crippen LogP contribution in [0.2, 0.25) is 0 Å². The SMILES string of the molecule is CCNC(=NCC(c1ccc(OC)cc1)N1CCOCC1)NC1CC1C. The maximum atomic E-state index is 5.54. The predicted molar refractivity (Wildman–Crippen MR) is 105 cm³/mol. The van der Waals surface area contributed by atoms with Gasteiger partial charge in [-0.1, -0.05) is 19.1 Å². The lowest BCUT2D eigenvalue weighted by atomic mass is 10.0. The van der Waals surface area contributed by atoms with Gasteiger partial charge in [-0.3, -0.25) is 9.89 Å². The molecule has 6 nitrogen and oxygen atoms in total. The van der Waals surface area contributed by atoms with Crippen LogP contribution in [0.5, 0.6) is 5.75 Å². The number of nitrogens with one attached hydrogen (secondary N) is 2. The van der Waals surface area contributed by atoms with Crippen LogP contribution in [0.4, 0.5) is 0 Å². The molecule has 144 valence electrons. The van der Waals surface area contributed by atoms with E-state index in [9.17, 15) is 0 Å². The number of nitrogens with zero attached hydrogens (tertiary/aromatic N) is 2. The van der Waals surface area contributed by atoms with Crippen molar-refractivity contribution < 1.29 is 9.47 Å². The van der Waals surface area contributed by atoms with Crippen LogP contribution >= 0.6 is 0 Å². The Labute approximate surface area is 157 Å². The Kier molecular flexibility index (Phi) is 6.74. The number of guanidine groups is 1. The fourth-order valence-corrected chi connectivity index (χ4v) is 3.34. The molecule has 6 heteroatoms. The molecule has 2 N–H and O–H groups in total. The van der Waals surface area contributed by atoms with Crippen LogP contribution in [-0.4, -0.2) is 63.4 Å². The molecule has 1 heterocycles.